The highest BCUT2D eigenvalue weighted by Crippen LogP contribution is 2.40. The normalized spacial score (nSPS) is 17.0. The summed E-state index contributed by atoms with van der Waals surface area (Å²) >= 11 is 0. The van der Waals surface area contributed by atoms with Crippen LogP contribution >= 0.6 is 0 Å². The molecule has 0 aliphatic heterocycles. The maximum atomic E-state index is 12.6. The van der Waals surface area contributed by atoms with E-state index in [0.717, 1.165) is 11.3 Å². The van der Waals surface area contributed by atoms with Crippen molar-refractivity contribution in [3.05, 3.63) is 35.9 Å². The average Bonchev–Trinajstić information content (AvgIpc) is 3.18. The van der Waals surface area contributed by atoms with Gasteiger partial charge in [-0.25, -0.2) is 4.98 Å². The SMILES string of the molecule is C[C@H](NC(=O)c1nc(C2CC2)n2ccccc12)C(C)(C)C. The van der Waals surface area contributed by atoms with Crippen LogP contribution in [0, 0.1) is 5.41 Å². The Hall–Kier alpha value is -1.84. The molecule has 1 aliphatic carbocycles. The molecule has 0 saturated heterocycles. The van der Waals surface area contributed by atoms with Crippen LogP contribution in [0.2, 0.25) is 0 Å². The number of carbonyl (C=O) groups is 1. The summed E-state index contributed by atoms with van der Waals surface area (Å²) in [6.45, 7) is 8.41. The zero-order chi connectivity index (χ0) is 15.2. The molecule has 1 amide bonds. The van der Waals surface area contributed by atoms with Crippen LogP contribution in [0.5, 0.6) is 0 Å². The molecule has 0 spiro atoms. The lowest BCUT2D eigenvalue weighted by Crippen LogP contribution is -2.41. The molecular formula is C17H23N3O. The van der Waals surface area contributed by atoms with Crippen LogP contribution in [0.3, 0.4) is 0 Å². The molecule has 0 radical (unpaired) electrons. The van der Waals surface area contributed by atoms with Crippen molar-refractivity contribution in [2.75, 3.05) is 0 Å². The summed E-state index contributed by atoms with van der Waals surface area (Å²) in [7, 11) is 0. The molecule has 21 heavy (non-hydrogen) atoms. The Morgan fingerprint density at radius 3 is 2.71 bits per heavy atom. The maximum Gasteiger partial charge on any atom is 0.272 e. The number of hydrogen-bond donors (Lipinski definition) is 1. The number of pyridine rings is 1. The van der Waals surface area contributed by atoms with Crippen LogP contribution in [0.4, 0.5) is 0 Å². The molecule has 1 saturated carbocycles. The number of amides is 1. The largest absolute Gasteiger partial charge is 0.348 e. The topological polar surface area (TPSA) is 46.4 Å². The number of carbonyl (C=O) groups excluding carboxylic acids is 1. The van der Waals surface area contributed by atoms with Gasteiger partial charge in [0.25, 0.3) is 5.91 Å². The predicted molar refractivity (Wildman–Crippen MR) is 83.6 cm³/mol. The van der Waals surface area contributed by atoms with Gasteiger partial charge in [-0.05, 0) is 37.3 Å². The van der Waals surface area contributed by atoms with Crippen LogP contribution in [-0.4, -0.2) is 21.3 Å². The quantitative estimate of drug-likeness (QED) is 0.939. The van der Waals surface area contributed by atoms with Crippen molar-refractivity contribution in [2.45, 2.75) is 52.5 Å². The van der Waals surface area contributed by atoms with Crippen molar-refractivity contribution >= 4 is 11.4 Å². The molecule has 1 aliphatic rings. The Morgan fingerprint density at radius 1 is 1.38 bits per heavy atom. The lowest BCUT2D eigenvalue weighted by atomic mass is 9.88. The first-order valence-corrected chi connectivity index (χ1v) is 7.66. The van der Waals surface area contributed by atoms with Crippen molar-refractivity contribution in [3.63, 3.8) is 0 Å². The molecule has 0 unspecified atom stereocenters. The fourth-order valence-electron chi connectivity index (χ4n) is 2.34. The number of aromatic nitrogens is 2. The van der Waals surface area contributed by atoms with Gasteiger partial charge in [-0.2, -0.15) is 0 Å². The second kappa shape index (κ2) is 4.86. The highest BCUT2D eigenvalue weighted by atomic mass is 16.2. The minimum Gasteiger partial charge on any atom is -0.348 e. The van der Waals surface area contributed by atoms with Gasteiger partial charge < -0.3 is 9.72 Å². The number of nitrogens with one attached hydrogen (secondary N) is 1. The van der Waals surface area contributed by atoms with Crippen molar-refractivity contribution in [2.24, 2.45) is 5.41 Å². The lowest BCUT2D eigenvalue weighted by Gasteiger charge is -2.27. The summed E-state index contributed by atoms with van der Waals surface area (Å²) in [6, 6.07) is 6.00. The molecule has 112 valence electrons. The molecule has 1 fully saturated rings. The molecule has 0 aromatic carbocycles. The number of rotatable bonds is 3. The Balaban J connectivity index is 1.95. The van der Waals surface area contributed by atoms with Crippen molar-refractivity contribution in [1.82, 2.24) is 14.7 Å². The third-order valence-electron chi connectivity index (χ3n) is 4.38. The van der Waals surface area contributed by atoms with E-state index in [4.69, 9.17) is 0 Å². The third kappa shape index (κ3) is 2.67. The number of imidazole rings is 1. The molecule has 3 rings (SSSR count). The highest BCUT2D eigenvalue weighted by molar-refractivity contribution is 5.99. The molecule has 4 nitrogen and oxygen atoms in total. The smallest absolute Gasteiger partial charge is 0.272 e. The van der Waals surface area contributed by atoms with Crippen molar-refractivity contribution in [3.8, 4) is 0 Å². The first-order valence-electron chi connectivity index (χ1n) is 7.66. The van der Waals surface area contributed by atoms with E-state index in [1.165, 1.54) is 12.8 Å². The summed E-state index contributed by atoms with van der Waals surface area (Å²) in [5.41, 5.74) is 1.48. The highest BCUT2D eigenvalue weighted by Gasteiger charge is 2.31. The van der Waals surface area contributed by atoms with Gasteiger partial charge in [0, 0.05) is 18.2 Å². The van der Waals surface area contributed by atoms with Gasteiger partial charge in [0.15, 0.2) is 5.69 Å². The standard InChI is InChI=1S/C17H23N3O/c1-11(17(2,3)4)18-16(21)14-13-7-5-6-10-20(13)15(19-14)12-8-9-12/h5-7,10-12H,8-9H2,1-4H3,(H,18,21)/t11-/m0/s1. The van der Waals surface area contributed by atoms with Crippen LogP contribution in [-0.2, 0) is 0 Å². The second-order valence-corrected chi connectivity index (χ2v) is 7.11. The monoisotopic (exact) mass is 285 g/mol. The summed E-state index contributed by atoms with van der Waals surface area (Å²) in [4.78, 5) is 17.2. The van der Waals surface area contributed by atoms with Gasteiger partial charge in [-0.15, -0.1) is 0 Å². The molecule has 0 bridgehead atoms. The first-order chi connectivity index (χ1) is 9.88. The Labute approximate surface area is 125 Å². The van der Waals surface area contributed by atoms with E-state index >= 15 is 0 Å². The van der Waals surface area contributed by atoms with Crippen molar-refractivity contribution < 1.29 is 4.79 Å². The van der Waals surface area contributed by atoms with Gasteiger partial charge >= 0.3 is 0 Å². The van der Waals surface area contributed by atoms with Crippen LogP contribution in [0.15, 0.2) is 24.4 Å². The van der Waals surface area contributed by atoms with Gasteiger partial charge in [0.05, 0.1) is 5.52 Å². The predicted octanol–water partition coefficient (Wildman–Crippen LogP) is 3.38. The van der Waals surface area contributed by atoms with Gasteiger partial charge in [0.2, 0.25) is 0 Å². The summed E-state index contributed by atoms with van der Waals surface area (Å²) in [5.74, 6) is 1.47. The van der Waals surface area contributed by atoms with Crippen LogP contribution < -0.4 is 5.32 Å². The minimum absolute atomic E-state index is 0.0323. The van der Waals surface area contributed by atoms with Crippen LogP contribution in [0.1, 0.15) is 62.8 Å². The minimum atomic E-state index is -0.0759. The Bertz CT molecular complexity index is 677. The third-order valence-corrected chi connectivity index (χ3v) is 4.38. The fraction of sp³-hybridized carbons (Fsp3) is 0.529. The molecule has 1 N–H and O–H groups in total. The van der Waals surface area contributed by atoms with Gasteiger partial charge in [-0.3, -0.25) is 4.79 Å². The zero-order valence-electron chi connectivity index (χ0n) is 13.2. The number of nitrogens with zero attached hydrogens (tertiary/aromatic N) is 2. The molecule has 2 aromatic heterocycles. The van der Waals surface area contributed by atoms with E-state index < -0.39 is 0 Å². The number of fused-ring (bicyclic) bond motifs is 1. The Kier molecular flexibility index (Phi) is 3.27. The first kappa shape index (κ1) is 14.1. The number of hydrogen-bond acceptors (Lipinski definition) is 2. The average molecular weight is 285 g/mol. The van der Waals surface area contributed by atoms with E-state index in [2.05, 4.69) is 35.5 Å². The maximum absolute atomic E-state index is 12.6. The van der Waals surface area contributed by atoms with E-state index in [9.17, 15) is 4.79 Å². The molecule has 4 heteroatoms. The molecule has 2 aromatic rings. The Morgan fingerprint density at radius 2 is 2.10 bits per heavy atom. The summed E-state index contributed by atoms with van der Waals surface area (Å²) in [6.07, 6.45) is 4.35. The summed E-state index contributed by atoms with van der Waals surface area (Å²) in [5, 5.41) is 3.09. The van der Waals surface area contributed by atoms with E-state index in [1.54, 1.807) is 0 Å². The molecule has 1 atom stereocenters. The zero-order valence-corrected chi connectivity index (χ0v) is 13.2. The lowest BCUT2D eigenvalue weighted by molar-refractivity contribution is 0.0907. The molecule has 2 heterocycles. The van der Waals surface area contributed by atoms with Crippen molar-refractivity contribution in [1.29, 1.82) is 0 Å². The van der Waals surface area contributed by atoms with E-state index in [1.807, 2.05) is 31.3 Å². The van der Waals surface area contributed by atoms with E-state index in [-0.39, 0.29) is 17.4 Å². The second-order valence-electron chi connectivity index (χ2n) is 7.11. The van der Waals surface area contributed by atoms with E-state index in [0.29, 0.717) is 11.6 Å². The summed E-state index contributed by atoms with van der Waals surface area (Å²) < 4.78 is 2.06. The van der Waals surface area contributed by atoms with Gasteiger partial charge in [0.1, 0.15) is 5.82 Å². The fourth-order valence-corrected chi connectivity index (χ4v) is 2.34. The van der Waals surface area contributed by atoms with Gasteiger partial charge in [-0.1, -0.05) is 26.8 Å². The molecular weight excluding hydrogens is 262 g/mol. The van der Waals surface area contributed by atoms with Crippen LogP contribution in [0.25, 0.3) is 5.52 Å².